The normalized spacial score (nSPS) is 13.0. The van der Waals surface area contributed by atoms with Gasteiger partial charge in [0.2, 0.25) is 0 Å². The Bertz CT molecular complexity index is 4570. The van der Waals surface area contributed by atoms with Crippen LogP contribution in [0.1, 0.15) is 0 Å². The van der Waals surface area contributed by atoms with Crippen LogP contribution in [0.4, 0.5) is 120 Å². The van der Waals surface area contributed by atoms with E-state index in [-0.39, 0.29) is 11.4 Å². The van der Waals surface area contributed by atoms with Gasteiger partial charge in [0.1, 0.15) is 23.3 Å². The Kier molecular flexibility index (Phi) is 12.4. The van der Waals surface area contributed by atoms with E-state index < -0.39 is 36.7 Å². The third-order valence-electron chi connectivity index (χ3n) is 17.9. The lowest BCUT2D eigenvalue weighted by molar-refractivity contribution is 0.583. The molecule has 4 heterocycles. The van der Waals surface area contributed by atoms with Crippen molar-refractivity contribution in [2.45, 2.75) is 0 Å². The maximum atomic E-state index is 17.8. The van der Waals surface area contributed by atoms with Gasteiger partial charge in [0.05, 0.1) is 22.7 Å². The number of hydrogen-bond donors (Lipinski definition) is 0. The zero-order valence-corrected chi connectivity index (χ0v) is 48.2. The van der Waals surface area contributed by atoms with Crippen molar-refractivity contribution >= 4 is 149 Å². The van der Waals surface area contributed by atoms with Crippen LogP contribution in [0.15, 0.2) is 303 Å². The van der Waals surface area contributed by atoms with Gasteiger partial charge in [0, 0.05) is 91.8 Å². The Morgan fingerprint density at radius 3 is 0.878 bits per heavy atom. The first-order chi connectivity index (χ1) is 44.3. The summed E-state index contributed by atoms with van der Waals surface area (Å²) in [6.07, 6.45) is 0. The van der Waals surface area contributed by atoms with Crippen LogP contribution < -0.4 is 62.2 Å². The van der Waals surface area contributed by atoms with Gasteiger partial charge in [-0.3, -0.25) is 0 Å². The molecule has 17 rings (SSSR count). The maximum Gasteiger partial charge on any atom is 0.252 e. The quantitative estimate of drug-likeness (QED) is 0.0997. The van der Waals surface area contributed by atoms with Crippen molar-refractivity contribution in [3.63, 3.8) is 0 Å². The lowest BCUT2D eigenvalue weighted by Crippen LogP contribution is -2.65. The zero-order chi connectivity index (χ0) is 60.1. The van der Waals surface area contributed by atoms with E-state index in [0.717, 1.165) is 113 Å². The van der Waals surface area contributed by atoms with Crippen LogP contribution in [-0.2, 0) is 0 Å². The van der Waals surface area contributed by atoms with Gasteiger partial charge >= 0.3 is 0 Å². The molecule has 0 saturated heterocycles. The monoisotopic (exact) mass is 1170 g/mol. The number of rotatable bonds is 10. The van der Waals surface area contributed by atoms with Crippen molar-refractivity contribution in [3.8, 4) is 0 Å². The van der Waals surface area contributed by atoms with E-state index in [1.54, 1.807) is 0 Å². The average Bonchev–Trinajstić information content (AvgIpc) is 0.696. The van der Waals surface area contributed by atoms with E-state index in [4.69, 9.17) is 0 Å². The number of fused-ring (bicyclic) bond motifs is 8. The predicted molar refractivity (Wildman–Crippen MR) is 364 cm³/mol. The molecule has 0 aromatic heterocycles. The van der Waals surface area contributed by atoms with E-state index in [1.807, 2.05) is 119 Å². The fraction of sp³-hybridized carbons (Fsp3) is 0. The molecular formula is C78H50B2F4N6. The zero-order valence-electron chi connectivity index (χ0n) is 48.2. The second-order valence-corrected chi connectivity index (χ2v) is 23.0. The largest absolute Gasteiger partial charge is 0.311 e. The highest BCUT2D eigenvalue weighted by Gasteiger charge is 2.49. The Morgan fingerprint density at radius 2 is 0.533 bits per heavy atom. The van der Waals surface area contributed by atoms with Crippen molar-refractivity contribution in [2.24, 2.45) is 0 Å². The second-order valence-electron chi connectivity index (χ2n) is 23.0. The Labute approximate surface area is 519 Å². The molecular weight excluding hydrogens is 1120 g/mol. The first-order valence-corrected chi connectivity index (χ1v) is 30.1. The average molecular weight is 1170 g/mol. The van der Waals surface area contributed by atoms with E-state index in [2.05, 4.69) is 177 Å². The summed E-state index contributed by atoms with van der Waals surface area (Å²) in [7, 11) is 0. The Balaban J connectivity index is 1.02. The molecule has 0 unspecified atom stereocenters. The molecule has 4 aliphatic rings. The number of halogens is 4. The summed E-state index contributed by atoms with van der Waals surface area (Å²) in [4.78, 5) is 12.9. The van der Waals surface area contributed by atoms with E-state index in [1.165, 1.54) is 24.3 Å². The smallest absolute Gasteiger partial charge is 0.252 e. The molecule has 0 saturated carbocycles. The van der Waals surface area contributed by atoms with Crippen molar-refractivity contribution in [2.75, 3.05) is 29.4 Å². The second kappa shape index (κ2) is 21.1. The molecule has 426 valence electrons. The fourth-order valence-corrected chi connectivity index (χ4v) is 14.4. The van der Waals surface area contributed by atoms with Crippen LogP contribution in [-0.4, -0.2) is 13.4 Å². The van der Waals surface area contributed by atoms with Gasteiger partial charge in [-0.15, -0.1) is 0 Å². The predicted octanol–water partition coefficient (Wildman–Crippen LogP) is 17.3. The minimum Gasteiger partial charge on any atom is -0.311 e. The molecule has 0 amide bonds. The summed E-state index contributed by atoms with van der Waals surface area (Å²) in [6, 6.07) is 98.7. The molecule has 90 heavy (non-hydrogen) atoms. The molecule has 0 aliphatic carbocycles. The van der Waals surface area contributed by atoms with Gasteiger partial charge in [-0.05, 0) is 172 Å². The Morgan fingerprint density at radius 1 is 0.222 bits per heavy atom. The molecule has 0 spiro atoms. The first kappa shape index (κ1) is 52.8. The van der Waals surface area contributed by atoms with Gasteiger partial charge in [0.25, 0.3) is 13.4 Å². The minimum atomic E-state index is -0.777. The van der Waals surface area contributed by atoms with Crippen LogP contribution in [0.3, 0.4) is 0 Å². The molecule has 0 atom stereocenters. The van der Waals surface area contributed by atoms with Gasteiger partial charge < -0.3 is 29.4 Å². The summed E-state index contributed by atoms with van der Waals surface area (Å²) < 4.78 is 66.8. The number of hydrogen-bond acceptors (Lipinski definition) is 6. The molecule has 0 bridgehead atoms. The molecule has 13 aromatic rings. The van der Waals surface area contributed by atoms with Crippen molar-refractivity contribution < 1.29 is 17.6 Å². The molecule has 0 fully saturated rings. The summed E-state index contributed by atoms with van der Waals surface area (Å²) in [5.41, 5.74) is 18.9. The standard InChI is InChI=1S/C78H50B2F4N6/c81-51-39-41-69(65(83)43-51)89-71-50-72-64(49-63(71)79-61-35-19-21-37-67(61)87(57-31-15-5-16-32-57)73-45-59(47-75(89)77(73)79)85(53-23-7-1-8-24-53)54-25-9-2-10-26-54)80-62-36-20-22-38-68(62)88(58-33-17-6-18-34-58)74-46-60(86(55-27-11-3-12-28-55)56-29-13-4-14-30-56)48-76(78(74)80)90(72)70-42-40-52(82)44-66(70)84/h1-50H. The lowest BCUT2D eigenvalue weighted by Gasteiger charge is -2.47. The number of nitrogens with zero attached hydrogens (tertiary/aromatic N) is 6. The number of benzene rings is 13. The fourth-order valence-electron chi connectivity index (χ4n) is 14.4. The third-order valence-corrected chi connectivity index (χ3v) is 17.9. The maximum absolute atomic E-state index is 17.8. The SMILES string of the molecule is Fc1ccc(N2c3cc4c(cc3B3c5ccccc5N(c5ccccc5)c5cc(N(c6ccccc6)c6ccccc6)cc2c53)B2c3ccccc3N(c3ccccc3)c3cc(N(c5ccccc5)c5ccccc5)cc(c32)N4c2ccc(F)cc2F)c(F)c1. The molecule has 4 aliphatic heterocycles. The van der Waals surface area contributed by atoms with Crippen LogP contribution in [0.5, 0.6) is 0 Å². The molecule has 6 nitrogen and oxygen atoms in total. The highest BCUT2D eigenvalue weighted by atomic mass is 19.1. The van der Waals surface area contributed by atoms with Crippen LogP contribution in [0, 0.1) is 23.3 Å². The molecule has 0 N–H and O–H groups in total. The molecule has 0 radical (unpaired) electrons. The summed E-state index contributed by atoms with van der Waals surface area (Å²) >= 11 is 0. The van der Waals surface area contributed by atoms with Gasteiger partial charge in [0.15, 0.2) is 0 Å². The highest BCUT2D eigenvalue weighted by molar-refractivity contribution is 7.03. The lowest BCUT2D eigenvalue weighted by atomic mass is 9.30. The highest BCUT2D eigenvalue weighted by Crippen LogP contribution is 2.53. The molecule has 13 aromatic carbocycles. The summed E-state index contributed by atoms with van der Waals surface area (Å²) in [5.74, 6) is -3.00. The van der Waals surface area contributed by atoms with Crippen molar-refractivity contribution in [3.05, 3.63) is 327 Å². The van der Waals surface area contributed by atoms with Gasteiger partial charge in [-0.2, -0.15) is 0 Å². The van der Waals surface area contributed by atoms with Crippen LogP contribution in [0.25, 0.3) is 0 Å². The number of anilines is 18. The summed E-state index contributed by atoms with van der Waals surface area (Å²) in [5, 5.41) is 0. The van der Waals surface area contributed by atoms with Crippen LogP contribution >= 0.6 is 0 Å². The van der Waals surface area contributed by atoms with E-state index in [9.17, 15) is 0 Å². The van der Waals surface area contributed by atoms with Crippen molar-refractivity contribution in [1.82, 2.24) is 0 Å². The topological polar surface area (TPSA) is 19.4 Å². The molecule has 12 heteroatoms. The van der Waals surface area contributed by atoms with Gasteiger partial charge in [-0.25, -0.2) is 17.6 Å². The van der Waals surface area contributed by atoms with Gasteiger partial charge in [-0.1, -0.05) is 152 Å². The summed E-state index contributed by atoms with van der Waals surface area (Å²) in [6.45, 7) is -0.960. The van der Waals surface area contributed by atoms with E-state index in [0.29, 0.717) is 22.7 Å². The first-order valence-electron chi connectivity index (χ1n) is 30.1. The Hall–Kier alpha value is -11.5. The third kappa shape index (κ3) is 8.35. The number of para-hydroxylation sites is 8. The van der Waals surface area contributed by atoms with Crippen LogP contribution in [0.2, 0.25) is 0 Å². The van der Waals surface area contributed by atoms with E-state index >= 15 is 17.6 Å². The van der Waals surface area contributed by atoms with Crippen molar-refractivity contribution in [1.29, 1.82) is 0 Å². The minimum absolute atomic E-state index is 0.106.